The molecule has 19 heteroatoms. The van der Waals surface area contributed by atoms with Gasteiger partial charge in [0.1, 0.15) is 73.2 Å². The fraction of sp³-hybridized carbons (Fsp3) is 0.897. The van der Waals surface area contributed by atoms with E-state index in [1.165, 1.54) is 180 Å². The van der Waals surface area contributed by atoms with Crippen molar-refractivity contribution in [3.05, 3.63) is 36.5 Å². The van der Waals surface area contributed by atoms with E-state index >= 15 is 0 Å². The van der Waals surface area contributed by atoms with Gasteiger partial charge >= 0.3 is 0 Å². The van der Waals surface area contributed by atoms with E-state index in [0.717, 1.165) is 51.4 Å². The zero-order valence-electron chi connectivity index (χ0n) is 53.8. The zero-order valence-corrected chi connectivity index (χ0v) is 53.8. The van der Waals surface area contributed by atoms with Gasteiger partial charge in [-0.3, -0.25) is 4.79 Å². The van der Waals surface area contributed by atoms with Crippen LogP contribution in [-0.4, -0.2) is 193 Å². The zero-order chi connectivity index (χ0) is 63.3. The Balaban J connectivity index is 1.35. The number of unbranched alkanes of at least 4 members (excludes halogenated alkanes) is 33. The minimum Gasteiger partial charge on any atom is -0.394 e. The summed E-state index contributed by atoms with van der Waals surface area (Å²) in [6.07, 6.45) is 31.5. The topological polar surface area (TPSA) is 307 Å². The summed E-state index contributed by atoms with van der Waals surface area (Å²) in [6, 6.07) is -0.970. The minimum absolute atomic E-state index is 0.246. The van der Waals surface area contributed by atoms with Gasteiger partial charge in [0.2, 0.25) is 5.91 Å². The van der Waals surface area contributed by atoms with Crippen LogP contribution in [-0.2, 0) is 33.2 Å². The first-order valence-electron chi connectivity index (χ1n) is 34.7. The van der Waals surface area contributed by atoms with E-state index < -0.39 is 124 Å². The van der Waals surface area contributed by atoms with Crippen molar-refractivity contribution in [2.75, 3.05) is 26.4 Å². The molecule has 3 heterocycles. The monoisotopic (exact) mass is 1240 g/mol. The first-order valence-corrected chi connectivity index (χ1v) is 34.7. The van der Waals surface area contributed by atoms with Crippen LogP contribution in [0.5, 0.6) is 0 Å². The maximum Gasteiger partial charge on any atom is 0.220 e. The van der Waals surface area contributed by atoms with E-state index in [0.29, 0.717) is 6.42 Å². The molecular weight excluding hydrogens is 1120 g/mol. The highest BCUT2D eigenvalue weighted by molar-refractivity contribution is 5.76. The normalized spacial score (nSPS) is 28.8. The van der Waals surface area contributed by atoms with E-state index in [9.17, 15) is 61.0 Å². The molecule has 0 spiro atoms. The lowest BCUT2D eigenvalue weighted by atomic mass is 9.96. The predicted octanol–water partition coefficient (Wildman–Crippen LogP) is 8.83. The third-order valence-electron chi connectivity index (χ3n) is 17.4. The molecule has 17 atom stereocenters. The Bertz CT molecular complexity index is 1720. The molecule has 3 fully saturated rings. The highest BCUT2D eigenvalue weighted by Crippen LogP contribution is 2.33. The van der Waals surface area contributed by atoms with Crippen molar-refractivity contribution in [3.63, 3.8) is 0 Å². The van der Waals surface area contributed by atoms with Crippen LogP contribution in [0.25, 0.3) is 0 Å². The van der Waals surface area contributed by atoms with Crippen LogP contribution in [0.1, 0.15) is 258 Å². The van der Waals surface area contributed by atoms with Gasteiger partial charge in [0.15, 0.2) is 18.9 Å². The molecule has 12 N–H and O–H groups in total. The Morgan fingerprint density at radius 2 is 0.759 bits per heavy atom. The average Bonchev–Trinajstić information content (AvgIpc) is 3.71. The van der Waals surface area contributed by atoms with Crippen molar-refractivity contribution >= 4 is 5.91 Å². The van der Waals surface area contributed by atoms with Crippen LogP contribution in [0.4, 0.5) is 0 Å². The lowest BCUT2D eigenvalue weighted by Crippen LogP contribution is -2.66. The van der Waals surface area contributed by atoms with Crippen LogP contribution in [0, 0.1) is 0 Å². The van der Waals surface area contributed by atoms with Crippen molar-refractivity contribution < 1.29 is 89.4 Å². The molecule has 3 aliphatic heterocycles. The standard InChI is InChI=1S/C68H125NO18/c1-3-5-7-9-11-13-15-16-17-18-19-20-21-22-23-24-25-26-27-28-29-30-31-32-33-34-36-38-40-42-44-46-56(74)69-51(52(73)45-43-41-39-37-35-14-12-10-8-6-4-2)50-82-66-62(80)59(77)64(54(48-71)84-66)87-68-63(81)60(78)65(55(49-72)85-68)86-67-61(79)58(76)57(75)53(47-70)83-67/h15-16,18-19,43,45,51-55,57-68,70-73,75-81H,3-14,17,20-42,44,46-50H2,1-2H3,(H,69,74)/b16-15-,19-18-,45-43+. The molecule has 0 aliphatic carbocycles. The van der Waals surface area contributed by atoms with Gasteiger partial charge in [0.25, 0.3) is 0 Å². The number of nitrogens with one attached hydrogen (secondary N) is 1. The summed E-state index contributed by atoms with van der Waals surface area (Å²) in [6.45, 7) is 1.71. The summed E-state index contributed by atoms with van der Waals surface area (Å²) >= 11 is 0. The summed E-state index contributed by atoms with van der Waals surface area (Å²) in [7, 11) is 0. The number of carbonyl (C=O) groups is 1. The predicted molar refractivity (Wildman–Crippen MR) is 337 cm³/mol. The Kier molecular flexibility index (Phi) is 46.0. The number of aliphatic hydroxyl groups is 11. The number of hydrogen-bond acceptors (Lipinski definition) is 18. The van der Waals surface area contributed by atoms with Gasteiger partial charge in [0.05, 0.1) is 38.6 Å². The van der Waals surface area contributed by atoms with Gasteiger partial charge in [-0.05, 0) is 51.4 Å². The number of amides is 1. The van der Waals surface area contributed by atoms with E-state index in [4.69, 9.17) is 28.4 Å². The van der Waals surface area contributed by atoms with Gasteiger partial charge in [-0.1, -0.05) is 237 Å². The number of rotatable bonds is 53. The molecule has 0 aromatic heterocycles. The number of allylic oxidation sites excluding steroid dienone is 5. The maximum atomic E-state index is 13.4. The molecule has 1 amide bonds. The van der Waals surface area contributed by atoms with Crippen molar-refractivity contribution in [2.45, 2.75) is 362 Å². The Morgan fingerprint density at radius 1 is 0.414 bits per heavy atom. The second-order valence-corrected chi connectivity index (χ2v) is 25.0. The van der Waals surface area contributed by atoms with Gasteiger partial charge < -0.3 is 89.9 Å². The third-order valence-corrected chi connectivity index (χ3v) is 17.4. The van der Waals surface area contributed by atoms with Gasteiger partial charge in [-0.2, -0.15) is 0 Å². The fourth-order valence-electron chi connectivity index (χ4n) is 11.8. The van der Waals surface area contributed by atoms with E-state index in [2.05, 4.69) is 43.5 Å². The van der Waals surface area contributed by atoms with Crippen LogP contribution in [0.3, 0.4) is 0 Å². The van der Waals surface area contributed by atoms with Crippen molar-refractivity contribution in [1.29, 1.82) is 0 Å². The Labute approximate surface area is 523 Å². The number of ether oxygens (including phenoxy) is 6. The van der Waals surface area contributed by atoms with Gasteiger partial charge in [0, 0.05) is 6.42 Å². The summed E-state index contributed by atoms with van der Waals surface area (Å²) in [5.41, 5.74) is 0. The van der Waals surface area contributed by atoms with Crippen molar-refractivity contribution in [3.8, 4) is 0 Å². The van der Waals surface area contributed by atoms with Crippen LogP contribution in [0.2, 0.25) is 0 Å². The largest absolute Gasteiger partial charge is 0.394 e. The molecule has 0 aromatic rings. The van der Waals surface area contributed by atoms with E-state index in [1.807, 2.05) is 6.08 Å². The highest BCUT2D eigenvalue weighted by atomic mass is 16.8. The lowest BCUT2D eigenvalue weighted by Gasteiger charge is -2.48. The van der Waals surface area contributed by atoms with Crippen molar-refractivity contribution in [1.82, 2.24) is 5.32 Å². The molecule has 17 unspecified atom stereocenters. The van der Waals surface area contributed by atoms with E-state index in [-0.39, 0.29) is 18.9 Å². The van der Waals surface area contributed by atoms with Crippen LogP contribution >= 0.6 is 0 Å². The van der Waals surface area contributed by atoms with Crippen molar-refractivity contribution in [2.24, 2.45) is 0 Å². The Morgan fingerprint density at radius 3 is 1.17 bits per heavy atom. The molecule has 3 rings (SSSR count). The quantitative estimate of drug-likeness (QED) is 0.0200. The molecule has 3 aliphatic rings. The van der Waals surface area contributed by atoms with E-state index in [1.54, 1.807) is 6.08 Å². The SMILES string of the molecule is CCCCCCC/C=C\C/C=C\CCCCCCCCCCCCCCCCCCCCCC(=O)NC(COC1OC(CO)C(OC2OC(CO)C(OC3OC(CO)C(O)C(O)C3O)C(O)C2O)C(O)C1O)C(O)/C=C/CCCCCCCCCCC. The smallest absolute Gasteiger partial charge is 0.220 e. The molecule has 0 radical (unpaired) electrons. The molecule has 0 saturated carbocycles. The Hall–Kier alpha value is -1.99. The fourth-order valence-corrected chi connectivity index (χ4v) is 11.8. The molecule has 0 aromatic carbocycles. The summed E-state index contributed by atoms with van der Waals surface area (Å²) < 4.78 is 34.3. The molecule has 3 saturated heterocycles. The second kappa shape index (κ2) is 50.6. The third kappa shape index (κ3) is 32.9. The molecular formula is C68H125NO18. The average molecular weight is 1240 g/mol. The molecule has 0 bridgehead atoms. The van der Waals surface area contributed by atoms with Gasteiger partial charge in [-0.25, -0.2) is 0 Å². The molecule has 19 nitrogen and oxygen atoms in total. The van der Waals surface area contributed by atoms with Crippen LogP contribution in [0.15, 0.2) is 36.5 Å². The minimum atomic E-state index is -1.98. The second-order valence-electron chi connectivity index (χ2n) is 25.0. The number of hydrogen-bond donors (Lipinski definition) is 12. The summed E-state index contributed by atoms with van der Waals surface area (Å²) in [5.74, 6) is -0.274. The number of carbonyl (C=O) groups excluding carboxylic acids is 1. The number of aliphatic hydroxyl groups excluding tert-OH is 11. The first-order chi connectivity index (χ1) is 42.3. The van der Waals surface area contributed by atoms with Crippen LogP contribution < -0.4 is 5.32 Å². The summed E-state index contributed by atoms with van der Waals surface area (Å²) in [5, 5.41) is 120. The molecule has 510 valence electrons. The molecule has 87 heavy (non-hydrogen) atoms. The highest BCUT2D eigenvalue weighted by Gasteiger charge is 2.53. The lowest BCUT2D eigenvalue weighted by molar-refractivity contribution is -0.379. The first kappa shape index (κ1) is 79.2. The maximum absolute atomic E-state index is 13.4. The van der Waals surface area contributed by atoms with Gasteiger partial charge in [-0.15, -0.1) is 0 Å². The summed E-state index contributed by atoms with van der Waals surface area (Å²) in [4.78, 5) is 13.4.